The maximum atomic E-state index is 9.94. The van der Waals surface area contributed by atoms with E-state index in [1.807, 2.05) is 6.92 Å². The molecule has 2 atom stereocenters. The van der Waals surface area contributed by atoms with Crippen LogP contribution in [0.3, 0.4) is 0 Å². The van der Waals surface area contributed by atoms with Crippen LogP contribution in [0, 0.1) is 0 Å². The molecule has 0 amide bonds. The van der Waals surface area contributed by atoms with Crippen LogP contribution in [-0.2, 0) is 4.79 Å². The van der Waals surface area contributed by atoms with Crippen molar-refractivity contribution in [1.29, 1.82) is 0 Å². The lowest BCUT2D eigenvalue weighted by Crippen LogP contribution is -3.00. The van der Waals surface area contributed by atoms with E-state index < -0.39 is 5.97 Å². The molecule has 0 bridgehead atoms. The van der Waals surface area contributed by atoms with Crippen LogP contribution in [-0.4, -0.2) is 16.7 Å². The molecular formula is C4H10BrO2P. The van der Waals surface area contributed by atoms with E-state index in [0.29, 0.717) is 0 Å². The number of carboxylic acid groups (broad SMARTS) is 1. The minimum Gasteiger partial charge on any atom is -1.00 e. The molecular weight excluding hydrogens is 191 g/mol. The average Bonchev–Trinajstić information content (AvgIpc) is 1.65. The largest absolute Gasteiger partial charge is 1.00 e. The van der Waals surface area contributed by atoms with Gasteiger partial charge in [-0.05, 0) is 15.7 Å². The van der Waals surface area contributed by atoms with Crippen LogP contribution >= 0.6 is 9.24 Å². The fraction of sp³-hybridized carbons (Fsp3) is 0.750. The molecule has 0 aliphatic rings. The van der Waals surface area contributed by atoms with Gasteiger partial charge in [-0.3, -0.25) is 0 Å². The molecule has 1 N–H and O–H groups in total. The fourth-order valence-corrected chi connectivity index (χ4v) is 0.175. The predicted molar refractivity (Wildman–Crippen MR) is 32.8 cm³/mol. The van der Waals surface area contributed by atoms with Crippen molar-refractivity contribution in [2.45, 2.75) is 19.0 Å². The molecule has 0 rings (SSSR count). The van der Waals surface area contributed by atoms with Crippen molar-refractivity contribution in [3.05, 3.63) is 0 Å². The Morgan fingerprint density at radius 2 is 2.25 bits per heavy atom. The average molecular weight is 201 g/mol. The molecule has 0 aliphatic heterocycles. The van der Waals surface area contributed by atoms with E-state index in [9.17, 15) is 4.79 Å². The van der Waals surface area contributed by atoms with E-state index in [-0.39, 0.29) is 22.6 Å². The highest BCUT2D eigenvalue weighted by Gasteiger charge is 2.10. The van der Waals surface area contributed by atoms with Gasteiger partial charge in [0.2, 0.25) is 0 Å². The number of rotatable bonds is 2. The van der Waals surface area contributed by atoms with Gasteiger partial charge in [0.1, 0.15) is 0 Å². The summed E-state index contributed by atoms with van der Waals surface area (Å²) in [7, 11) is 1.51. The second kappa shape index (κ2) is 5.52. The van der Waals surface area contributed by atoms with Crippen LogP contribution in [0.15, 0.2) is 0 Å². The first kappa shape index (κ1) is 11.2. The third-order valence-corrected chi connectivity index (χ3v) is 1.77. The van der Waals surface area contributed by atoms with Crippen molar-refractivity contribution in [3.63, 3.8) is 0 Å². The van der Waals surface area contributed by atoms with Gasteiger partial charge in [0.15, 0.2) is 5.66 Å². The Balaban J connectivity index is 0. The van der Waals surface area contributed by atoms with Gasteiger partial charge in [0, 0.05) is 0 Å². The lowest BCUT2D eigenvalue weighted by molar-refractivity contribution is -0.136. The van der Waals surface area contributed by atoms with Gasteiger partial charge in [0.25, 0.3) is 0 Å². The Morgan fingerprint density at radius 3 is 2.25 bits per heavy atom. The smallest absolute Gasteiger partial charge is 0.343 e. The quantitative estimate of drug-likeness (QED) is 0.500. The lowest BCUT2D eigenvalue weighted by atomic mass is 10.3. The van der Waals surface area contributed by atoms with Crippen molar-refractivity contribution in [1.82, 2.24) is 0 Å². The molecule has 0 spiro atoms. The number of halogens is 1. The molecule has 2 nitrogen and oxygen atoms in total. The highest BCUT2D eigenvalue weighted by molar-refractivity contribution is 7.19. The Morgan fingerprint density at radius 1 is 1.88 bits per heavy atom. The summed E-state index contributed by atoms with van der Waals surface area (Å²) in [5, 5.41) is 8.19. The van der Waals surface area contributed by atoms with E-state index in [4.69, 9.17) is 5.11 Å². The van der Waals surface area contributed by atoms with Crippen molar-refractivity contribution >= 4 is 15.2 Å². The van der Waals surface area contributed by atoms with Gasteiger partial charge >= 0.3 is 5.97 Å². The van der Waals surface area contributed by atoms with Crippen LogP contribution in [0.4, 0.5) is 0 Å². The number of carbonyl (C=O) groups is 1. The SMILES string of the molecule is CCC([PH3+])C(=O)O.[Br-]. The maximum Gasteiger partial charge on any atom is 0.343 e. The first-order valence-corrected chi connectivity index (χ1v) is 3.06. The maximum absolute atomic E-state index is 9.94. The van der Waals surface area contributed by atoms with Crippen LogP contribution in [0.5, 0.6) is 0 Å². The second-order valence-electron chi connectivity index (χ2n) is 1.44. The van der Waals surface area contributed by atoms with E-state index in [0.717, 1.165) is 6.42 Å². The van der Waals surface area contributed by atoms with Crippen LogP contribution in [0.1, 0.15) is 13.3 Å². The summed E-state index contributed by atoms with van der Waals surface area (Å²) in [4.78, 5) is 9.94. The molecule has 2 unspecified atom stereocenters. The van der Waals surface area contributed by atoms with Crippen molar-refractivity contribution in [2.75, 3.05) is 0 Å². The number of aliphatic carboxylic acids is 1. The molecule has 0 saturated carbocycles. The van der Waals surface area contributed by atoms with Gasteiger partial charge in [-0.2, -0.15) is 0 Å². The molecule has 0 saturated heterocycles. The molecule has 0 aromatic heterocycles. The zero-order valence-corrected chi connectivity index (χ0v) is 7.73. The van der Waals surface area contributed by atoms with Crippen LogP contribution in [0.2, 0.25) is 0 Å². The Kier molecular flexibility index (Phi) is 7.73. The van der Waals surface area contributed by atoms with Gasteiger partial charge in [-0.1, -0.05) is 6.92 Å². The van der Waals surface area contributed by atoms with E-state index >= 15 is 0 Å². The summed E-state index contributed by atoms with van der Waals surface area (Å²) >= 11 is 0. The molecule has 0 aliphatic carbocycles. The molecule has 50 valence electrons. The minimum atomic E-state index is -0.694. The van der Waals surface area contributed by atoms with Crippen molar-refractivity contribution in [3.8, 4) is 0 Å². The standard InChI is InChI=1S/C4H9O2P.BrH/c1-2-3(7)4(5)6;/h3H,2,7H2,1H3,(H,5,6);1H. The molecule has 8 heavy (non-hydrogen) atoms. The summed E-state index contributed by atoms with van der Waals surface area (Å²) in [6, 6.07) is 0. The molecule has 0 fully saturated rings. The highest BCUT2D eigenvalue weighted by atomic mass is 79.9. The highest BCUT2D eigenvalue weighted by Crippen LogP contribution is 2.02. The Bertz CT molecular complexity index is 76.4. The summed E-state index contributed by atoms with van der Waals surface area (Å²) < 4.78 is 0. The predicted octanol–water partition coefficient (Wildman–Crippen LogP) is -2.54. The normalized spacial score (nSPS) is 12.1. The number of hydrogen-bond donors (Lipinski definition) is 1. The zero-order valence-electron chi connectivity index (χ0n) is 4.72. The second-order valence-corrected chi connectivity index (χ2v) is 2.43. The van der Waals surface area contributed by atoms with E-state index in [1.165, 1.54) is 9.24 Å². The molecule has 0 aromatic rings. The van der Waals surface area contributed by atoms with Gasteiger partial charge < -0.3 is 22.1 Å². The third kappa shape index (κ3) is 4.54. The van der Waals surface area contributed by atoms with Gasteiger partial charge in [-0.25, -0.2) is 4.79 Å². The monoisotopic (exact) mass is 200 g/mol. The fourth-order valence-electron chi connectivity index (χ4n) is 0.175. The number of hydrogen-bond acceptors (Lipinski definition) is 1. The van der Waals surface area contributed by atoms with E-state index in [2.05, 4.69) is 0 Å². The first-order chi connectivity index (χ1) is 3.18. The van der Waals surface area contributed by atoms with E-state index in [1.54, 1.807) is 0 Å². The first-order valence-electron chi connectivity index (χ1n) is 2.24. The lowest BCUT2D eigenvalue weighted by Gasteiger charge is -1.91. The number of carboxylic acids is 1. The summed E-state index contributed by atoms with van der Waals surface area (Å²) in [6.07, 6.45) is 0.730. The van der Waals surface area contributed by atoms with Crippen molar-refractivity contribution < 1.29 is 26.9 Å². The van der Waals surface area contributed by atoms with Crippen molar-refractivity contribution in [2.24, 2.45) is 0 Å². The minimum absolute atomic E-state index is 0. The summed E-state index contributed by atoms with van der Waals surface area (Å²) in [5.74, 6) is -0.694. The third-order valence-electron chi connectivity index (χ3n) is 0.842. The van der Waals surface area contributed by atoms with Gasteiger partial charge in [0.05, 0.1) is 0 Å². The summed E-state index contributed by atoms with van der Waals surface area (Å²) in [5.41, 5.74) is -0.153. The molecule has 0 aromatic carbocycles. The topological polar surface area (TPSA) is 37.3 Å². The molecule has 0 radical (unpaired) electrons. The Labute approximate surface area is 61.6 Å². The zero-order chi connectivity index (χ0) is 5.86. The van der Waals surface area contributed by atoms with Gasteiger partial charge in [-0.15, -0.1) is 0 Å². The summed E-state index contributed by atoms with van der Waals surface area (Å²) in [6.45, 7) is 1.87. The molecule has 4 heteroatoms. The van der Waals surface area contributed by atoms with Crippen LogP contribution < -0.4 is 17.0 Å². The molecule has 0 heterocycles. The van der Waals surface area contributed by atoms with Crippen LogP contribution in [0.25, 0.3) is 0 Å². The Hall–Kier alpha value is 0.380.